The van der Waals surface area contributed by atoms with Gasteiger partial charge in [-0.1, -0.05) is 103 Å². The molecule has 0 saturated heterocycles. The van der Waals surface area contributed by atoms with Crippen molar-refractivity contribution in [3.8, 4) is 45.0 Å². The number of hydrogen-bond acceptors (Lipinski definition) is 5. The van der Waals surface area contributed by atoms with E-state index in [-0.39, 0.29) is 0 Å². The predicted octanol–water partition coefficient (Wildman–Crippen LogP) is 11.1. The molecule has 5 aromatic heterocycles. The van der Waals surface area contributed by atoms with E-state index in [1.54, 1.807) is 0 Å². The van der Waals surface area contributed by atoms with Crippen molar-refractivity contribution in [1.29, 1.82) is 0 Å². The molecule has 0 radical (unpaired) electrons. The summed E-state index contributed by atoms with van der Waals surface area (Å²) in [6.45, 7) is 0. The predicted molar refractivity (Wildman–Crippen MR) is 205 cm³/mol. The molecule has 5 heterocycles. The number of hydrogen-bond donors (Lipinski definition) is 0. The number of pyridine rings is 5. The van der Waals surface area contributed by atoms with Gasteiger partial charge in [0.1, 0.15) is 0 Å². The molecule has 0 atom stereocenters. The van der Waals surface area contributed by atoms with E-state index >= 15 is 0 Å². The van der Waals surface area contributed by atoms with Crippen LogP contribution < -0.4 is 0 Å². The fourth-order valence-electron chi connectivity index (χ4n) is 6.83. The number of benzene rings is 5. The van der Waals surface area contributed by atoms with Crippen LogP contribution >= 0.6 is 0 Å². The minimum Gasteiger partial charge on any atom is -0.254 e. The summed E-state index contributed by atoms with van der Waals surface area (Å²) in [7, 11) is 0. The van der Waals surface area contributed by atoms with Crippen molar-refractivity contribution < 1.29 is 0 Å². The number of rotatable bonds is 4. The van der Waals surface area contributed by atoms with Crippen LogP contribution in [0.4, 0.5) is 0 Å². The Labute approximate surface area is 287 Å². The van der Waals surface area contributed by atoms with Crippen LogP contribution in [0.2, 0.25) is 0 Å². The summed E-state index contributed by atoms with van der Waals surface area (Å²) in [4.78, 5) is 24.3. The van der Waals surface area contributed by atoms with Crippen LogP contribution in [0.15, 0.2) is 164 Å². The molecule has 0 aliphatic heterocycles. The van der Waals surface area contributed by atoms with E-state index < -0.39 is 0 Å². The molecule has 5 nitrogen and oxygen atoms in total. The summed E-state index contributed by atoms with van der Waals surface area (Å²) in [5.41, 5.74) is 11.7. The number of nitrogens with zero attached hydrogens (tertiary/aromatic N) is 5. The van der Waals surface area contributed by atoms with Crippen molar-refractivity contribution in [2.75, 3.05) is 0 Å². The minimum atomic E-state index is 0.864. The molecule has 0 saturated carbocycles. The van der Waals surface area contributed by atoms with Gasteiger partial charge in [-0.25, -0.2) is 15.0 Å². The van der Waals surface area contributed by atoms with Crippen molar-refractivity contribution in [2.24, 2.45) is 0 Å². The summed E-state index contributed by atoms with van der Waals surface area (Å²) >= 11 is 0. The van der Waals surface area contributed by atoms with Crippen molar-refractivity contribution in [2.45, 2.75) is 0 Å². The second kappa shape index (κ2) is 11.4. The standard InChI is InChI=1S/C45H27N5/c1-2-5-37-27-47-43(26-33(37)4-1)41-22-15-30-11-14-35(25-42(30)49-41)34-17-20-40-36(24-34)18-21-38(48-40)28-7-9-29(10-8-28)39-19-16-32-13-12-31-6-3-23-46-44(31)45(32)50-39/h1-27H. The van der Waals surface area contributed by atoms with Crippen LogP contribution in [-0.2, 0) is 0 Å². The van der Waals surface area contributed by atoms with Gasteiger partial charge in [0.25, 0.3) is 0 Å². The third-order valence-electron chi connectivity index (χ3n) is 9.52. The monoisotopic (exact) mass is 637 g/mol. The van der Waals surface area contributed by atoms with Gasteiger partial charge in [0.2, 0.25) is 0 Å². The van der Waals surface area contributed by atoms with Crippen molar-refractivity contribution >= 4 is 54.4 Å². The maximum Gasteiger partial charge on any atom is 0.0972 e. The van der Waals surface area contributed by atoms with Gasteiger partial charge in [-0.15, -0.1) is 0 Å². The first-order chi connectivity index (χ1) is 24.7. The molecule has 0 spiro atoms. The van der Waals surface area contributed by atoms with Gasteiger partial charge < -0.3 is 0 Å². The lowest BCUT2D eigenvalue weighted by atomic mass is 10.0. The molecule has 5 aromatic carbocycles. The Hall–Kier alpha value is -6.85. The van der Waals surface area contributed by atoms with Crippen LogP contribution in [0.1, 0.15) is 0 Å². The van der Waals surface area contributed by atoms with Crippen LogP contribution in [0.5, 0.6) is 0 Å². The Morgan fingerprint density at radius 3 is 1.76 bits per heavy atom. The molecule has 0 amide bonds. The first-order valence-electron chi connectivity index (χ1n) is 16.6. The van der Waals surface area contributed by atoms with Gasteiger partial charge in [0.15, 0.2) is 0 Å². The second-order valence-corrected chi connectivity index (χ2v) is 12.6. The van der Waals surface area contributed by atoms with Gasteiger partial charge in [-0.2, -0.15) is 0 Å². The summed E-state index contributed by atoms with van der Waals surface area (Å²) in [5.74, 6) is 0. The lowest BCUT2D eigenvalue weighted by Crippen LogP contribution is -1.90. The zero-order valence-corrected chi connectivity index (χ0v) is 26.8. The summed E-state index contributed by atoms with van der Waals surface area (Å²) in [6, 6.07) is 52.6. The van der Waals surface area contributed by atoms with E-state index in [0.29, 0.717) is 0 Å². The first kappa shape index (κ1) is 28.2. The Balaban J connectivity index is 0.936. The third kappa shape index (κ3) is 4.92. The van der Waals surface area contributed by atoms with Crippen molar-refractivity contribution in [1.82, 2.24) is 24.9 Å². The van der Waals surface area contributed by atoms with E-state index in [0.717, 1.165) is 99.4 Å². The molecule has 0 aliphatic rings. The summed E-state index contributed by atoms with van der Waals surface area (Å²) in [5, 5.41) is 6.64. The maximum atomic E-state index is 5.03. The quantitative estimate of drug-likeness (QED) is 0.180. The Morgan fingerprint density at radius 1 is 0.300 bits per heavy atom. The van der Waals surface area contributed by atoms with Gasteiger partial charge in [-0.05, 0) is 65.0 Å². The van der Waals surface area contributed by atoms with E-state index in [1.165, 1.54) is 0 Å². The highest BCUT2D eigenvalue weighted by Crippen LogP contribution is 2.31. The van der Waals surface area contributed by atoms with E-state index in [1.807, 2.05) is 36.7 Å². The summed E-state index contributed by atoms with van der Waals surface area (Å²) in [6.07, 6.45) is 3.74. The minimum absolute atomic E-state index is 0.864. The summed E-state index contributed by atoms with van der Waals surface area (Å²) < 4.78 is 0. The van der Waals surface area contributed by atoms with Crippen LogP contribution in [0.3, 0.4) is 0 Å². The molecular weight excluding hydrogens is 611 g/mol. The van der Waals surface area contributed by atoms with Crippen LogP contribution in [0, 0.1) is 0 Å². The molecule has 5 heteroatoms. The van der Waals surface area contributed by atoms with Crippen molar-refractivity contribution in [3.05, 3.63) is 164 Å². The largest absolute Gasteiger partial charge is 0.254 e. The molecule has 0 fully saturated rings. The van der Waals surface area contributed by atoms with E-state index in [2.05, 4.69) is 132 Å². The van der Waals surface area contributed by atoms with Crippen LogP contribution in [-0.4, -0.2) is 24.9 Å². The van der Waals surface area contributed by atoms with Crippen LogP contribution in [0.25, 0.3) is 99.4 Å². The third-order valence-corrected chi connectivity index (χ3v) is 9.52. The lowest BCUT2D eigenvalue weighted by Gasteiger charge is -2.09. The highest BCUT2D eigenvalue weighted by molar-refractivity contribution is 6.03. The molecule has 50 heavy (non-hydrogen) atoms. The van der Waals surface area contributed by atoms with Gasteiger partial charge >= 0.3 is 0 Å². The average Bonchev–Trinajstić information content (AvgIpc) is 3.19. The zero-order valence-electron chi connectivity index (χ0n) is 26.8. The van der Waals surface area contributed by atoms with Crippen molar-refractivity contribution in [3.63, 3.8) is 0 Å². The highest BCUT2D eigenvalue weighted by atomic mass is 14.8. The normalized spacial score (nSPS) is 11.6. The molecular formula is C45H27N5. The maximum absolute atomic E-state index is 5.03. The Kier molecular flexibility index (Phi) is 6.42. The fraction of sp³-hybridized carbons (Fsp3) is 0. The zero-order chi connectivity index (χ0) is 33.0. The number of aromatic nitrogens is 5. The van der Waals surface area contributed by atoms with Gasteiger partial charge in [0.05, 0.1) is 44.8 Å². The molecule has 0 unspecified atom stereocenters. The number of fused-ring (bicyclic) bond motifs is 6. The topological polar surface area (TPSA) is 64.5 Å². The lowest BCUT2D eigenvalue weighted by molar-refractivity contribution is 1.29. The Morgan fingerprint density at radius 2 is 0.900 bits per heavy atom. The second-order valence-electron chi connectivity index (χ2n) is 12.6. The first-order valence-corrected chi connectivity index (χ1v) is 16.6. The fourth-order valence-corrected chi connectivity index (χ4v) is 6.83. The SMILES string of the molecule is c1ccc2cc(-c3ccc4ccc(-c5ccc6nc(-c7ccc(-c8ccc9ccc%10cccnc%10c9n8)cc7)ccc6c5)cc4n3)ncc2c1. The Bertz CT molecular complexity index is 2930. The van der Waals surface area contributed by atoms with E-state index in [9.17, 15) is 0 Å². The smallest absolute Gasteiger partial charge is 0.0972 e. The molecule has 10 rings (SSSR count). The van der Waals surface area contributed by atoms with E-state index in [4.69, 9.17) is 19.9 Å². The molecule has 0 N–H and O–H groups in total. The molecule has 232 valence electrons. The highest BCUT2D eigenvalue weighted by Gasteiger charge is 2.10. The van der Waals surface area contributed by atoms with Gasteiger partial charge in [0, 0.05) is 50.5 Å². The van der Waals surface area contributed by atoms with Gasteiger partial charge in [-0.3, -0.25) is 9.97 Å². The molecule has 0 bridgehead atoms. The molecule has 10 aromatic rings. The average molecular weight is 638 g/mol. The molecule has 0 aliphatic carbocycles.